The third-order valence-corrected chi connectivity index (χ3v) is 4.02. The molecule has 3 aromatic rings. The zero-order valence-electron chi connectivity index (χ0n) is 10.5. The Morgan fingerprint density at radius 1 is 1.16 bits per heavy atom. The molecule has 0 aliphatic carbocycles. The molecule has 2 heterocycles. The van der Waals surface area contributed by atoms with Gasteiger partial charge in [0.05, 0.1) is 16.4 Å². The predicted octanol–water partition coefficient (Wildman–Crippen LogP) is 4.43. The largest absolute Gasteiger partial charge is 0.227 e. The van der Waals surface area contributed by atoms with E-state index in [2.05, 4.69) is 58.1 Å². The average Bonchev–Trinajstić information content (AvgIpc) is 2.75. The van der Waals surface area contributed by atoms with Crippen LogP contribution in [0.5, 0.6) is 0 Å². The summed E-state index contributed by atoms with van der Waals surface area (Å²) in [7, 11) is 0. The van der Waals surface area contributed by atoms with Crippen molar-refractivity contribution in [2.75, 3.05) is 0 Å². The molecule has 3 rings (SSSR count). The fourth-order valence-electron chi connectivity index (χ4n) is 1.95. The number of rotatable bonds is 1. The Bertz CT molecular complexity index is 780. The van der Waals surface area contributed by atoms with Gasteiger partial charge in [-0.1, -0.05) is 23.7 Å². The Hall–Kier alpha value is -1.39. The Balaban J connectivity index is 2.24. The van der Waals surface area contributed by atoms with E-state index < -0.39 is 0 Å². The molecule has 2 aromatic heterocycles. The molecule has 0 aliphatic heterocycles. The van der Waals surface area contributed by atoms with Crippen LogP contribution in [0.1, 0.15) is 11.1 Å². The van der Waals surface area contributed by atoms with Crippen molar-refractivity contribution in [3.05, 3.63) is 51.2 Å². The first-order chi connectivity index (χ1) is 9.06. The van der Waals surface area contributed by atoms with Crippen LogP contribution in [0.15, 0.2) is 34.9 Å². The smallest absolute Gasteiger partial charge is 0.171 e. The molecular formula is C14H11BrClN3. The van der Waals surface area contributed by atoms with Crippen LogP contribution in [0.3, 0.4) is 0 Å². The van der Waals surface area contributed by atoms with Gasteiger partial charge >= 0.3 is 0 Å². The fourth-order valence-corrected chi connectivity index (χ4v) is 2.52. The van der Waals surface area contributed by atoms with Crippen molar-refractivity contribution in [1.29, 1.82) is 0 Å². The minimum atomic E-state index is 0.545. The zero-order valence-corrected chi connectivity index (χ0v) is 12.8. The van der Waals surface area contributed by atoms with Crippen molar-refractivity contribution in [3.8, 4) is 11.3 Å². The SMILES string of the molecule is Cc1ccc(-c2cc(Cl)n3ncc(Br)c3n2)cc1C. The molecule has 1 aromatic carbocycles. The van der Waals surface area contributed by atoms with Crippen LogP contribution in [-0.4, -0.2) is 14.6 Å². The highest BCUT2D eigenvalue weighted by atomic mass is 79.9. The van der Waals surface area contributed by atoms with E-state index >= 15 is 0 Å². The van der Waals surface area contributed by atoms with E-state index in [1.165, 1.54) is 11.1 Å². The topological polar surface area (TPSA) is 30.2 Å². The summed E-state index contributed by atoms with van der Waals surface area (Å²) in [6, 6.07) is 8.10. The summed E-state index contributed by atoms with van der Waals surface area (Å²) in [5.41, 5.74) is 5.13. The number of benzene rings is 1. The molecule has 5 heteroatoms. The van der Waals surface area contributed by atoms with Crippen LogP contribution in [0.4, 0.5) is 0 Å². The van der Waals surface area contributed by atoms with Crippen LogP contribution in [0.2, 0.25) is 5.15 Å². The molecular weight excluding hydrogens is 326 g/mol. The monoisotopic (exact) mass is 335 g/mol. The summed E-state index contributed by atoms with van der Waals surface area (Å²) in [6.07, 6.45) is 1.69. The van der Waals surface area contributed by atoms with E-state index in [0.717, 1.165) is 21.4 Å². The van der Waals surface area contributed by atoms with Crippen molar-refractivity contribution in [2.24, 2.45) is 0 Å². The summed E-state index contributed by atoms with van der Waals surface area (Å²) in [6.45, 7) is 4.18. The highest BCUT2D eigenvalue weighted by molar-refractivity contribution is 9.10. The quantitative estimate of drug-likeness (QED) is 0.615. The molecule has 0 atom stereocenters. The standard InChI is InChI=1S/C14H11BrClN3/c1-8-3-4-10(5-9(8)2)12-6-13(16)19-14(18-12)11(15)7-17-19/h3-7H,1-2H3. The molecule has 0 radical (unpaired) electrons. The molecule has 0 saturated heterocycles. The summed E-state index contributed by atoms with van der Waals surface area (Å²) < 4.78 is 2.44. The van der Waals surface area contributed by atoms with E-state index in [0.29, 0.717) is 5.15 Å². The lowest BCUT2D eigenvalue weighted by molar-refractivity contribution is 0.942. The van der Waals surface area contributed by atoms with Crippen molar-refractivity contribution in [1.82, 2.24) is 14.6 Å². The van der Waals surface area contributed by atoms with E-state index in [1.807, 2.05) is 6.07 Å². The molecule has 96 valence electrons. The van der Waals surface area contributed by atoms with Gasteiger partial charge < -0.3 is 0 Å². The van der Waals surface area contributed by atoms with E-state index in [-0.39, 0.29) is 0 Å². The number of halogens is 2. The van der Waals surface area contributed by atoms with Gasteiger partial charge in [0, 0.05) is 11.6 Å². The van der Waals surface area contributed by atoms with Gasteiger partial charge in [-0.3, -0.25) is 0 Å². The van der Waals surface area contributed by atoms with Gasteiger partial charge in [0.1, 0.15) is 5.15 Å². The van der Waals surface area contributed by atoms with Crippen LogP contribution < -0.4 is 0 Å². The number of aromatic nitrogens is 3. The molecule has 0 unspecified atom stereocenters. The number of nitrogens with zero attached hydrogens (tertiary/aromatic N) is 3. The highest BCUT2D eigenvalue weighted by Gasteiger charge is 2.10. The maximum atomic E-state index is 6.24. The van der Waals surface area contributed by atoms with Gasteiger partial charge in [0.15, 0.2) is 5.65 Å². The van der Waals surface area contributed by atoms with E-state index in [1.54, 1.807) is 10.7 Å². The number of fused-ring (bicyclic) bond motifs is 1. The second-order valence-electron chi connectivity index (χ2n) is 4.49. The van der Waals surface area contributed by atoms with Crippen molar-refractivity contribution >= 4 is 33.2 Å². The van der Waals surface area contributed by atoms with Crippen LogP contribution in [-0.2, 0) is 0 Å². The lowest BCUT2D eigenvalue weighted by atomic mass is 10.0. The summed E-state index contributed by atoms with van der Waals surface area (Å²) >= 11 is 9.67. The average molecular weight is 337 g/mol. The minimum absolute atomic E-state index is 0.545. The van der Waals surface area contributed by atoms with Gasteiger partial charge in [-0.25, -0.2) is 9.50 Å². The Morgan fingerprint density at radius 2 is 1.95 bits per heavy atom. The second-order valence-corrected chi connectivity index (χ2v) is 5.73. The first-order valence-electron chi connectivity index (χ1n) is 5.83. The summed E-state index contributed by atoms with van der Waals surface area (Å²) in [4.78, 5) is 4.61. The normalized spacial score (nSPS) is 11.2. The van der Waals surface area contributed by atoms with Gasteiger partial charge in [0.25, 0.3) is 0 Å². The van der Waals surface area contributed by atoms with Crippen LogP contribution in [0, 0.1) is 13.8 Å². The molecule has 19 heavy (non-hydrogen) atoms. The minimum Gasteiger partial charge on any atom is -0.227 e. The Labute approximate surface area is 124 Å². The van der Waals surface area contributed by atoms with Crippen molar-refractivity contribution < 1.29 is 0 Å². The molecule has 0 aliphatic rings. The molecule has 0 amide bonds. The second kappa shape index (κ2) is 4.62. The number of hydrogen-bond acceptors (Lipinski definition) is 2. The zero-order chi connectivity index (χ0) is 13.6. The summed E-state index contributed by atoms with van der Waals surface area (Å²) in [5, 5.41) is 4.70. The maximum Gasteiger partial charge on any atom is 0.171 e. The first-order valence-corrected chi connectivity index (χ1v) is 7.01. The molecule has 0 fully saturated rings. The lowest BCUT2D eigenvalue weighted by Gasteiger charge is -2.06. The molecule has 0 spiro atoms. The van der Waals surface area contributed by atoms with Crippen molar-refractivity contribution in [3.63, 3.8) is 0 Å². The third-order valence-electron chi connectivity index (χ3n) is 3.19. The van der Waals surface area contributed by atoms with Crippen LogP contribution in [0.25, 0.3) is 16.9 Å². The van der Waals surface area contributed by atoms with Crippen LogP contribution >= 0.6 is 27.5 Å². The highest BCUT2D eigenvalue weighted by Crippen LogP contribution is 2.26. The maximum absolute atomic E-state index is 6.24. The molecule has 3 nitrogen and oxygen atoms in total. The Kier molecular flexibility index (Phi) is 3.07. The Morgan fingerprint density at radius 3 is 2.68 bits per heavy atom. The number of hydrogen-bond donors (Lipinski definition) is 0. The molecule has 0 bridgehead atoms. The number of aryl methyl sites for hydroxylation is 2. The van der Waals surface area contributed by atoms with Gasteiger partial charge in [-0.05, 0) is 47.0 Å². The fraction of sp³-hybridized carbons (Fsp3) is 0.143. The van der Waals surface area contributed by atoms with Gasteiger partial charge in [0.2, 0.25) is 0 Å². The van der Waals surface area contributed by atoms with Gasteiger partial charge in [-0.15, -0.1) is 0 Å². The predicted molar refractivity (Wildman–Crippen MR) is 80.6 cm³/mol. The van der Waals surface area contributed by atoms with E-state index in [4.69, 9.17) is 11.6 Å². The third kappa shape index (κ3) is 2.15. The van der Waals surface area contributed by atoms with E-state index in [9.17, 15) is 0 Å². The first kappa shape index (κ1) is 12.6. The molecule has 0 N–H and O–H groups in total. The van der Waals surface area contributed by atoms with Crippen molar-refractivity contribution in [2.45, 2.75) is 13.8 Å². The molecule has 0 saturated carbocycles. The van der Waals surface area contributed by atoms with Gasteiger partial charge in [-0.2, -0.15) is 5.10 Å². The summed E-state index contributed by atoms with van der Waals surface area (Å²) in [5.74, 6) is 0. The lowest BCUT2D eigenvalue weighted by Crippen LogP contribution is -1.95.